The molecule has 0 saturated heterocycles. The number of carbonyl (C=O) groups is 1. The highest BCUT2D eigenvalue weighted by atomic mass is 32.2. The first kappa shape index (κ1) is 15.7. The van der Waals surface area contributed by atoms with Crippen LogP contribution in [-0.2, 0) is 10.0 Å². The Bertz CT molecular complexity index is 1030. The second-order valence-corrected chi connectivity index (χ2v) is 6.91. The van der Waals surface area contributed by atoms with E-state index in [0.29, 0.717) is 11.1 Å². The van der Waals surface area contributed by atoms with Crippen LogP contribution in [-0.4, -0.2) is 18.2 Å². The van der Waals surface area contributed by atoms with Crippen molar-refractivity contribution in [2.75, 3.05) is 0 Å². The number of hydrogen-bond acceptors (Lipinski definition) is 4. The van der Waals surface area contributed by atoms with Crippen molar-refractivity contribution in [1.29, 1.82) is 5.26 Å². The zero-order chi connectivity index (χ0) is 17.2. The smallest absolute Gasteiger partial charge is 0.267 e. The van der Waals surface area contributed by atoms with Crippen LogP contribution in [0, 0.1) is 11.3 Å². The van der Waals surface area contributed by atoms with Crippen LogP contribution in [0.15, 0.2) is 78.0 Å². The number of benzene rings is 2. The fraction of sp³-hybridized carbons (Fsp3) is 0. The summed E-state index contributed by atoms with van der Waals surface area (Å²) in [5, 5.41) is 8.78. The lowest BCUT2D eigenvalue weighted by Crippen LogP contribution is -2.11. The first-order valence-electron chi connectivity index (χ1n) is 7.06. The molecule has 1 heterocycles. The van der Waals surface area contributed by atoms with Gasteiger partial charge in [0, 0.05) is 23.5 Å². The standard InChI is InChI=1S/C18H12N2O3S/c19-12-14-6-8-15(9-7-14)18(21)16-10-11-20(13-16)24(22,23)17-4-2-1-3-5-17/h1-11,13H. The highest BCUT2D eigenvalue weighted by Crippen LogP contribution is 2.17. The molecule has 0 spiro atoms. The maximum Gasteiger partial charge on any atom is 0.267 e. The van der Waals surface area contributed by atoms with E-state index in [1.165, 1.54) is 30.6 Å². The van der Waals surface area contributed by atoms with E-state index >= 15 is 0 Å². The van der Waals surface area contributed by atoms with E-state index in [9.17, 15) is 13.2 Å². The maximum absolute atomic E-state index is 12.5. The van der Waals surface area contributed by atoms with Gasteiger partial charge < -0.3 is 0 Å². The fourth-order valence-corrected chi connectivity index (χ4v) is 3.46. The Kier molecular flexibility index (Phi) is 4.02. The minimum absolute atomic E-state index is 0.151. The molecule has 0 aliphatic carbocycles. The van der Waals surface area contributed by atoms with Crippen LogP contribution in [0.1, 0.15) is 21.5 Å². The average Bonchev–Trinajstić information content (AvgIpc) is 3.13. The number of carbonyl (C=O) groups excluding carboxylic acids is 1. The van der Waals surface area contributed by atoms with Gasteiger partial charge in [-0.1, -0.05) is 18.2 Å². The van der Waals surface area contributed by atoms with Gasteiger partial charge in [0.15, 0.2) is 5.78 Å². The van der Waals surface area contributed by atoms with Gasteiger partial charge in [0.2, 0.25) is 0 Å². The molecule has 0 N–H and O–H groups in total. The first-order valence-corrected chi connectivity index (χ1v) is 8.50. The Balaban J connectivity index is 1.93. The summed E-state index contributed by atoms with van der Waals surface area (Å²) >= 11 is 0. The summed E-state index contributed by atoms with van der Waals surface area (Å²) in [6.07, 6.45) is 2.64. The zero-order valence-electron chi connectivity index (χ0n) is 12.5. The minimum Gasteiger partial charge on any atom is -0.289 e. The van der Waals surface area contributed by atoms with Crippen molar-refractivity contribution in [3.05, 3.63) is 89.7 Å². The predicted molar refractivity (Wildman–Crippen MR) is 88.0 cm³/mol. The second kappa shape index (κ2) is 6.14. The normalized spacial score (nSPS) is 11.0. The van der Waals surface area contributed by atoms with Crippen LogP contribution < -0.4 is 0 Å². The lowest BCUT2D eigenvalue weighted by Gasteiger charge is -2.05. The molecule has 6 heteroatoms. The van der Waals surface area contributed by atoms with Crippen molar-refractivity contribution in [1.82, 2.24) is 3.97 Å². The third-order valence-electron chi connectivity index (χ3n) is 3.52. The molecule has 0 amide bonds. The summed E-state index contributed by atoms with van der Waals surface area (Å²) in [4.78, 5) is 12.6. The van der Waals surface area contributed by atoms with Gasteiger partial charge in [-0.3, -0.25) is 4.79 Å². The van der Waals surface area contributed by atoms with Crippen molar-refractivity contribution in [3.63, 3.8) is 0 Å². The molecular formula is C18H12N2O3S. The number of ketones is 1. The number of aromatic nitrogens is 1. The summed E-state index contributed by atoms with van der Waals surface area (Å²) in [6.45, 7) is 0. The topological polar surface area (TPSA) is 79.9 Å². The van der Waals surface area contributed by atoms with Crippen LogP contribution in [0.25, 0.3) is 0 Å². The van der Waals surface area contributed by atoms with Crippen molar-refractivity contribution in [2.24, 2.45) is 0 Å². The molecule has 118 valence electrons. The Labute approximate surface area is 139 Å². The Hall–Kier alpha value is -3.17. The highest BCUT2D eigenvalue weighted by Gasteiger charge is 2.18. The van der Waals surface area contributed by atoms with E-state index in [1.807, 2.05) is 6.07 Å². The molecule has 0 aliphatic rings. The number of hydrogen-bond donors (Lipinski definition) is 0. The number of nitriles is 1. The molecule has 1 aromatic heterocycles. The Morgan fingerprint density at radius 3 is 2.21 bits per heavy atom. The monoisotopic (exact) mass is 336 g/mol. The van der Waals surface area contributed by atoms with Gasteiger partial charge >= 0.3 is 0 Å². The number of nitrogens with zero attached hydrogens (tertiary/aromatic N) is 2. The van der Waals surface area contributed by atoms with Crippen LogP contribution >= 0.6 is 0 Å². The summed E-state index contributed by atoms with van der Waals surface area (Å²) in [5.74, 6) is -0.304. The molecule has 5 nitrogen and oxygen atoms in total. The van der Waals surface area contributed by atoms with E-state index in [-0.39, 0.29) is 16.2 Å². The van der Waals surface area contributed by atoms with E-state index in [1.54, 1.807) is 42.5 Å². The molecule has 0 atom stereocenters. The molecular weight excluding hydrogens is 324 g/mol. The van der Waals surface area contributed by atoms with Crippen LogP contribution in [0.2, 0.25) is 0 Å². The van der Waals surface area contributed by atoms with Crippen molar-refractivity contribution >= 4 is 15.8 Å². The molecule has 0 radical (unpaired) electrons. The van der Waals surface area contributed by atoms with Crippen LogP contribution in [0.5, 0.6) is 0 Å². The summed E-state index contributed by atoms with van der Waals surface area (Å²) in [5.41, 5.74) is 1.11. The third kappa shape index (κ3) is 2.85. The van der Waals surface area contributed by atoms with Gasteiger partial charge in [-0.15, -0.1) is 0 Å². The van der Waals surface area contributed by atoms with Gasteiger partial charge in [-0.05, 0) is 42.5 Å². The minimum atomic E-state index is -3.72. The molecule has 24 heavy (non-hydrogen) atoms. The third-order valence-corrected chi connectivity index (χ3v) is 5.17. The Morgan fingerprint density at radius 1 is 0.917 bits per heavy atom. The average molecular weight is 336 g/mol. The highest BCUT2D eigenvalue weighted by molar-refractivity contribution is 7.90. The molecule has 2 aromatic carbocycles. The molecule has 0 saturated carbocycles. The lowest BCUT2D eigenvalue weighted by molar-refractivity contribution is 0.103. The van der Waals surface area contributed by atoms with Crippen molar-refractivity contribution in [2.45, 2.75) is 4.90 Å². The van der Waals surface area contributed by atoms with Crippen LogP contribution in [0.4, 0.5) is 0 Å². The lowest BCUT2D eigenvalue weighted by atomic mass is 10.0. The van der Waals surface area contributed by atoms with Crippen molar-refractivity contribution < 1.29 is 13.2 Å². The molecule has 3 aromatic rings. The summed E-state index contributed by atoms with van der Waals surface area (Å²) in [7, 11) is -3.72. The summed E-state index contributed by atoms with van der Waals surface area (Å²) < 4.78 is 26.0. The molecule has 3 rings (SSSR count). The first-order chi connectivity index (χ1) is 11.5. The van der Waals surface area contributed by atoms with E-state index in [4.69, 9.17) is 5.26 Å². The van der Waals surface area contributed by atoms with Gasteiger partial charge in [0.1, 0.15) is 0 Å². The van der Waals surface area contributed by atoms with Gasteiger partial charge in [0.25, 0.3) is 10.0 Å². The zero-order valence-corrected chi connectivity index (χ0v) is 13.3. The summed E-state index contributed by atoms with van der Waals surface area (Å²) in [6, 6.07) is 17.6. The van der Waals surface area contributed by atoms with E-state index in [2.05, 4.69) is 0 Å². The Morgan fingerprint density at radius 2 is 1.58 bits per heavy atom. The number of rotatable bonds is 4. The predicted octanol–water partition coefficient (Wildman–Crippen LogP) is 2.83. The molecule has 0 bridgehead atoms. The largest absolute Gasteiger partial charge is 0.289 e. The van der Waals surface area contributed by atoms with Crippen LogP contribution in [0.3, 0.4) is 0 Å². The SMILES string of the molecule is N#Cc1ccc(C(=O)c2ccn(S(=O)(=O)c3ccccc3)c2)cc1. The van der Waals surface area contributed by atoms with Gasteiger partial charge in [0.05, 0.1) is 16.5 Å². The quantitative estimate of drug-likeness (QED) is 0.686. The van der Waals surface area contributed by atoms with Gasteiger partial charge in [-0.25, -0.2) is 12.4 Å². The van der Waals surface area contributed by atoms with Crippen molar-refractivity contribution in [3.8, 4) is 6.07 Å². The van der Waals surface area contributed by atoms with E-state index < -0.39 is 10.0 Å². The maximum atomic E-state index is 12.5. The molecule has 0 aliphatic heterocycles. The fourth-order valence-electron chi connectivity index (χ4n) is 2.24. The van der Waals surface area contributed by atoms with Gasteiger partial charge in [-0.2, -0.15) is 5.26 Å². The van der Waals surface area contributed by atoms with E-state index in [0.717, 1.165) is 3.97 Å². The molecule has 0 unspecified atom stereocenters. The second-order valence-electron chi connectivity index (χ2n) is 5.07. The molecule has 0 fully saturated rings.